The number of likely N-dealkylation sites (tertiary alicyclic amines) is 2. The van der Waals surface area contributed by atoms with Crippen molar-refractivity contribution < 1.29 is 9.21 Å². The van der Waals surface area contributed by atoms with Crippen LogP contribution in [0.15, 0.2) is 28.7 Å². The summed E-state index contributed by atoms with van der Waals surface area (Å²) in [6, 6.07) is 8.76. The molecule has 2 aromatic rings. The predicted molar refractivity (Wildman–Crippen MR) is 92.9 cm³/mol. The Bertz CT molecular complexity index is 667. The summed E-state index contributed by atoms with van der Waals surface area (Å²) in [5.74, 6) is 0.290. The van der Waals surface area contributed by atoms with Gasteiger partial charge in [0.25, 0.3) is 6.01 Å². The van der Waals surface area contributed by atoms with Gasteiger partial charge in [0.2, 0.25) is 5.91 Å². The van der Waals surface area contributed by atoms with Gasteiger partial charge in [-0.15, -0.1) is 0 Å². The number of nitrogens with one attached hydrogen (secondary N) is 1. The van der Waals surface area contributed by atoms with Crippen LogP contribution < -0.4 is 5.32 Å². The minimum absolute atomic E-state index is 0.290. The van der Waals surface area contributed by atoms with E-state index in [1.165, 1.54) is 0 Å². The topological polar surface area (TPSA) is 61.6 Å². The zero-order valence-corrected chi connectivity index (χ0v) is 13.9. The lowest BCUT2D eigenvalue weighted by molar-refractivity contribution is -0.131. The fraction of sp³-hybridized carbons (Fsp3) is 0.556. The maximum Gasteiger partial charge on any atom is 0.295 e. The molecule has 0 spiro atoms. The largest absolute Gasteiger partial charge is 0.424 e. The van der Waals surface area contributed by atoms with Crippen LogP contribution >= 0.6 is 0 Å². The quantitative estimate of drug-likeness (QED) is 0.933. The SMILES string of the molecule is O=C(CN1CCC(Nc2nc3ccccc3o2)CC1)N1CCCC1. The molecule has 4 rings (SSSR count). The Morgan fingerprint density at radius 2 is 1.92 bits per heavy atom. The summed E-state index contributed by atoms with van der Waals surface area (Å²) < 4.78 is 5.73. The summed E-state index contributed by atoms with van der Waals surface area (Å²) in [5, 5.41) is 3.40. The van der Waals surface area contributed by atoms with Crippen LogP contribution in [0.1, 0.15) is 25.7 Å². The first-order valence-electron chi connectivity index (χ1n) is 8.90. The number of oxazole rings is 1. The van der Waals surface area contributed by atoms with Crippen LogP contribution in [0.5, 0.6) is 0 Å². The van der Waals surface area contributed by atoms with Crippen LogP contribution in [0.3, 0.4) is 0 Å². The highest BCUT2D eigenvalue weighted by atomic mass is 16.4. The van der Waals surface area contributed by atoms with Crippen molar-refractivity contribution in [1.82, 2.24) is 14.8 Å². The standard InChI is InChI=1S/C18H24N4O2/c23-17(22-9-3-4-10-22)13-21-11-7-14(8-12-21)19-18-20-15-5-1-2-6-16(15)24-18/h1-2,5-6,14H,3-4,7-13H2,(H,19,20). The minimum Gasteiger partial charge on any atom is -0.424 e. The molecule has 3 heterocycles. The maximum atomic E-state index is 12.2. The van der Waals surface area contributed by atoms with Gasteiger partial charge in [0.05, 0.1) is 6.54 Å². The summed E-state index contributed by atoms with van der Waals surface area (Å²) in [6.07, 6.45) is 4.32. The number of carbonyl (C=O) groups is 1. The molecule has 1 aromatic carbocycles. The molecule has 1 N–H and O–H groups in total. The molecule has 0 saturated carbocycles. The molecule has 2 aliphatic heterocycles. The Kier molecular flexibility index (Phi) is 4.38. The molecule has 0 bridgehead atoms. The van der Waals surface area contributed by atoms with Crippen LogP contribution in [0.4, 0.5) is 6.01 Å². The highest BCUT2D eigenvalue weighted by Gasteiger charge is 2.25. The smallest absolute Gasteiger partial charge is 0.295 e. The molecule has 1 amide bonds. The number of rotatable bonds is 4. The summed E-state index contributed by atoms with van der Waals surface area (Å²) >= 11 is 0. The number of fused-ring (bicyclic) bond motifs is 1. The number of hydrogen-bond donors (Lipinski definition) is 1. The van der Waals surface area contributed by atoms with E-state index in [1.807, 2.05) is 29.2 Å². The Morgan fingerprint density at radius 3 is 2.67 bits per heavy atom. The lowest BCUT2D eigenvalue weighted by Gasteiger charge is -2.32. The van der Waals surface area contributed by atoms with E-state index in [9.17, 15) is 4.79 Å². The van der Waals surface area contributed by atoms with Crippen molar-refractivity contribution in [3.8, 4) is 0 Å². The molecule has 24 heavy (non-hydrogen) atoms. The van der Waals surface area contributed by atoms with E-state index in [0.717, 1.165) is 63.0 Å². The van der Waals surface area contributed by atoms with Crippen molar-refractivity contribution in [2.24, 2.45) is 0 Å². The first-order valence-corrected chi connectivity index (χ1v) is 8.90. The second-order valence-corrected chi connectivity index (χ2v) is 6.77. The lowest BCUT2D eigenvalue weighted by atomic mass is 10.1. The van der Waals surface area contributed by atoms with E-state index in [2.05, 4.69) is 15.2 Å². The molecular formula is C18H24N4O2. The van der Waals surface area contributed by atoms with Gasteiger partial charge in [-0.25, -0.2) is 0 Å². The monoisotopic (exact) mass is 328 g/mol. The molecule has 0 aliphatic carbocycles. The van der Waals surface area contributed by atoms with Crippen molar-refractivity contribution >= 4 is 23.0 Å². The minimum atomic E-state index is 0.290. The number of carbonyl (C=O) groups excluding carboxylic acids is 1. The van der Waals surface area contributed by atoms with Crippen LogP contribution in [0, 0.1) is 0 Å². The Balaban J connectivity index is 1.27. The van der Waals surface area contributed by atoms with Crippen LogP contribution in [-0.2, 0) is 4.79 Å². The summed E-state index contributed by atoms with van der Waals surface area (Å²) in [6.45, 7) is 4.33. The van der Waals surface area contributed by atoms with Gasteiger partial charge in [-0.3, -0.25) is 9.69 Å². The Hall–Kier alpha value is -2.08. The number of benzene rings is 1. The van der Waals surface area contributed by atoms with Crippen molar-refractivity contribution in [2.75, 3.05) is 38.0 Å². The number of para-hydroxylation sites is 2. The fourth-order valence-corrected chi connectivity index (χ4v) is 3.60. The molecule has 2 aliphatic rings. The summed E-state index contributed by atoms with van der Waals surface area (Å²) in [4.78, 5) is 21.0. The molecule has 128 valence electrons. The number of aromatic nitrogens is 1. The molecule has 2 fully saturated rings. The predicted octanol–water partition coefficient (Wildman–Crippen LogP) is 2.33. The second kappa shape index (κ2) is 6.81. The molecular weight excluding hydrogens is 304 g/mol. The first kappa shape index (κ1) is 15.4. The third-order valence-electron chi connectivity index (χ3n) is 5.03. The zero-order valence-electron chi connectivity index (χ0n) is 13.9. The normalized spacial score (nSPS) is 19.9. The van der Waals surface area contributed by atoms with E-state index < -0.39 is 0 Å². The highest BCUT2D eigenvalue weighted by molar-refractivity contribution is 5.78. The van der Waals surface area contributed by atoms with E-state index in [4.69, 9.17) is 4.42 Å². The molecule has 0 radical (unpaired) electrons. The Labute approximate surface area is 141 Å². The van der Waals surface area contributed by atoms with Gasteiger partial charge < -0.3 is 14.6 Å². The fourth-order valence-electron chi connectivity index (χ4n) is 3.60. The van der Waals surface area contributed by atoms with Crippen molar-refractivity contribution in [3.63, 3.8) is 0 Å². The number of nitrogens with zero attached hydrogens (tertiary/aromatic N) is 3. The molecule has 6 nitrogen and oxygen atoms in total. The number of anilines is 1. The van der Waals surface area contributed by atoms with Crippen LogP contribution in [-0.4, -0.2) is 59.5 Å². The van der Waals surface area contributed by atoms with Gasteiger partial charge in [-0.05, 0) is 37.8 Å². The first-order chi connectivity index (χ1) is 11.8. The van der Waals surface area contributed by atoms with E-state index >= 15 is 0 Å². The molecule has 0 atom stereocenters. The number of hydrogen-bond acceptors (Lipinski definition) is 5. The summed E-state index contributed by atoms with van der Waals surface area (Å²) in [5.41, 5.74) is 1.70. The van der Waals surface area contributed by atoms with Crippen molar-refractivity contribution in [2.45, 2.75) is 31.7 Å². The van der Waals surface area contributed by atoms with Gasteiger partial charge in [0, 0.05) is 32.2 Å². The third kappa shape index (κ3) is 3.38. The van der Waals surface area contributed by atoms with Crippen molar-refractivity contribution in [3.05, 3.63) is 24.3 Å². The van der Waals surface area contributed by atoms with Gasteiger partial charge in [0.1, 0.15) is 5.52 Å². The van der Waals surface area contributed by atoms with Gasteiger partial charge in [-0.1, -0.05) is 12.1 Å². The highest BCUT2D eigenvalue weighted by Crippen LogP contribution is 2.21. The van der Waals surface area contributed by atoms with Crippen LogP contribution in [0.25, 0.3) is 11.1 Å². The molecule has 1 aromatic heterocycles. The van der Waals surface area contributed by atoms with E-state index in [0.29, 0.717) is 18.6 Å². The molecule has 2 saturated heterocycles. The zero-order chi connectivity index (χ0) is 16.4. The average molecular weight is 328 g/mol. The van der Waals surface area contributed by atoms with Gasteiger partial charge >= 0.3 is 0 Å². The van der Waals surface area contributed by atoms with E-state index in [1.54, 1.807) is 0 Å². The van der Waals surface area contributed by atoms with Gasteiger partial charge in [-0.2, -0.15) is 4.98 Å². The molecule has 6 heteroatoms. The molecule has 0 unspecified atom stereocenters. The third-order valence-corrected chi connectivity index (χ3v) is 5.03. The van der Waals surface area contributed by atoms with Crippen LogP contribution in [0.2, 0.25) is 0 Å². The Morgan fingerprint density at radius 1 is 1.17 bits per heavy atom. The lowest BCUT2D eigenvalue weighted by Crippen LogP contribution is -2.44. The van der Waals surface area contributed by atoms with Crippen molar-refractivity contribution in [1.29, 1.82) is 0 Å². The maximum absolute atomic E-state index is 12.2. The average Bonchev–Trinajstić information content (AvgIpc) is 3.25. The van der Waals surface area contributed by atoms with Gasteiger partial charge in [0.15, 0.2) is 5.58 Å². The number of amides is 1. The number of piperidine rings is 1. The summed E-state index contributed by atoms with van der Waals surface area (Å²) in [7, 11) is 0. The second-order valence-electron chi connectivity index (χ2n) is 6.77. The van der Waals surface area contributed by atoms with E-state index in [-0.39, 0.29) is 5.91 Å².